The Kier molecular flexibility index (Phi) is 4.06. The smallest absolute Gasteiger partial charge is 0.311 e. The van der Waals surface area contributed by atoms with Gasteiger partial charge in [-0.2, -0.15) is 5.10 Å². The van der Waals surface area contributed by atoms with Crippen molar-refractivity contribution in [3.8, 4) is 0 Å². The molecule has 2 rings (SSSR count). The van der Waals surface area contributed by atoms with Crippen LogP contribution in [0.5, 0.6) is 0 Å². The second kappa shape index (κ2) is 5.41. The molecule has 1 N–H and O–H groups in total. The molecule has 1 saturated heterocycles. The van der Waals surface area contributed by atoms with Gasteiger partial charge < -0.3 is 10.0 Å². The maximum atomic E-state index is 12.7. The van der Waals surface area contributed by atoms with Crippen molar-refractivity contribution >= 4 is 11.9 Å². The molecule has 0 radical (unpaired) electrons. The third-order valence-corrected chi connectivity index (χ3v) is 4.37. The highest BCUT2D eigenvalue weighted by Gasteiger charge is 2.40. The van der Waals surface area contributed by atoms with E-state index in [0.717, 1.165) is 5.69 Å². The van der Waals surface area contributed by atoms with Gasteiger partial charge in [0.2, 0.25) is 0 Å². The number of aromatic nitrogens is 2. The molecule has 6 heteroatoms. The number of nitrogens with zero attached hydrogens (tertiary/aromatic N) is 3. The molecule has 122 valence electrons. The Balaban J connectivity index is 2.25. The third-order valence-electron chi connectivity index (χ3n) is 4.37. The quantitative estimate of drug-likeness (QED) is 0.907. The summed E-state index contributed by atoms with van der Waals surface area (Å²) < 4.78 is 1.59. The summed E-state index contributed by atoms with van der Waals surface area (Å²) in [4.78, 5) is 25.8. The van der Waals surface area contributed by atoms with Gasteiger partial charge in [0, 0.05) is 25.6 Å². The number of rotatable bonds is 2. The van der Waals surface area contributed by atoms with Crippen LogP contribution in [-0.4, -0.2) is 44.8 Å². The number of carbonyl (C=O) groups excluding carboxylic acids is 1. The van der Waals surface area contributed by atoms with Gasteiger partial charge in [-0.1, -0.05) is 20.8 Å². The van der Waals surface area contributed by atoms with Crippen molar-refractivity contribution in [1.29, 1.82) is 0 Å². The molecular formula is C16H25N3O3. The van der Waals surface area contributed by atoms with Crippen LogP contribution < -0.4 is 0 Å². The lowest BCUT2D eigenvalue weighted by atomic mass is 9.82. The van der Waals surface area contributed by atoms with Crippen molar-refractivity contribution < 1.29 is 14.7 Å². The molecule has 2 heterocycles. The lowest BCUT2D eigenvalue weighted by Crippen LogP contribution is -2.48. The summed E-state index contributed by atoms with van der Waals surface area (Å²) in [7, 11) is 1.75. The van der Waals surface area contributed by atoms with Gasteiger partial charge in [0.15, 0.2) is 0 Å². The number of aliphatic carboxylic acids is 1. The van der Waals surface area contributed by atoms with Gasteiger partial charge in [-0.15, -0.1) is 0 Å². The van der Waals surface area contributed by atoms with Gasteiger partial charge in [-0.3, -0.25) is 14.3 Å². The van der Waals surface area contributed by atoms with Gasteiger partial charge >= 0.3 is 5.97 Å². The minimum Gasteiger partial charge on any atom is -0.481 e. The number of piperidine rings is 1. The molecule has 1 atom stereocenters. The van der Waals surface area contributed by atoms with Gasteiger partial charge in [0.05, 0.1) is 11.1 Å². The summed E-state index contributed by atoms with van der Waals surface area (Å²) in [6.07, 6.45) is 1.31. The molecular weight excluding hydrogens is 282 g/mol. The number of aryl methyl sites for hydroxylation is 1. The standard InChI is InChI=1S/C16H25N3O3/c1-15(2,3)12-9-11(18(5)17-12)13(20)19-8-6-7-16(4,10-19)14(21)22/h9H,6-8,10H2,1-5H3,(H,21,22). The fourth-order valence-electron chi connectivity index (χ4n) is 2.78. The van der Waals surface area contributed by atoms with Crippen molar-refractivity contribution in [2.24, 2.45) is 12.5 Å². The van der Waals surface area contributed by atoms with E-state index in [1.54, 1.807) is 23.6 Å². The molecule has 1 aliphatic heterocycles. The molecule has 1 aromatic heterocycles. The Bertz CT molecular complexity index is 600. The third kappa shape index (κ3) is 3.00. The lowest BCUT2D eigenvalue weighted by molar-refractivity contribution is -0.150. The van der Waals surface area contributed by atoms with Crippen LogP contribution in [0.4, 0.5) is 0 Å². The van der Waals surface area contributed by atoms with Crippen LogP contribution in [0.2, 0.25) is 0 Å². The number of carboxylic acids is 1. The van der Waals surface area contributed by atoms with E-state index in [1.165, 1.54) is 0 Å². The molecule has 1 unspecified atom stereocenters. The van der Waals surface area contributed by atoms with E-state index >= 15 is 0 Å². The van der Waals surface area contributed by atoms with Crippen LogP contribution >= 0.6 is 0 Å². The molecule has 6 nitrogen and oxygen atoms in total. The molecule has 0 aliphatic carbocycles. The maximum Gasteiger partial charge on any atom is 0.311 e. The minimum absolute atomic E-state index is 0.131. The van der Waals surface area contributed by atoms with Crippen molar-refractivity contribution in [3.05, 3.63) is 17.5 Å². The van der Waals surface area contributed by atoms with E-state index < -0.39 is 11.4 Å². The fraction of sp³-hybridized carbons (Fsp3) is 0.688. The van der Waals surface area contributed by atoms with Crippen LogP contribution in [0.1, 0.15) is 56.7 Å². The second-order valence-corrected chi connectivity index (χ2v) is 7.48. The first kappa shape index (κ1) is 16.5. The molecule has 1 aromatic rings. The zero-order chi connectivity index (χ0) is 16.7. The first-order chi connectivity index (χ1) is 10.0. The van der Waals surface area contributed by atoms with Gasteiger partial charge in [-0.25, -0.2) is 0 Å². The fourth-order valence-corrected chi connectivity index (χ4v) is 2.78. The molecule has 0 saturated carbocycles. The maximum absolute atomic E-state index is 12.7. The van der Waals surface area contributed by atoms with Crippen molar-refractivity contribution in [2.75, 3.05) is 13.1 Å². The zero-order valence-corrected chi connectivity index (χ0v) is 14.0. The molecule has 0 aromatic carbocycles. The first-order valence-corrected chi connectivity index (χ1v) is 7.62. The van der Waals surface area contributed by atoms with Gasteiger partial charge in [-0.05, 0) is 25.8 Å². The molecule has 1 fully saturated rings. The number of carboxylic acid groups (broad SMARTS) is 1. The van der Waals surface area contributed by atoms with Crippen molar-refractivity contribution in [1.82, 2.24) is 14.7 Å². The number of likely N-dealkylation sites (tertiary alicyclic amines) is 1. The molecule has 0 spiro atoms. The Morgan fingerprint density at radius 1 is 1.36 bits per heavy atom. The highest BCUT2D eigenvalue weighted by atomic mass is 16.4. The van der Waals surface area contributed by atoms with Crippen LogP contribution in [0, 0.1) is 5.41 Å². The summed E-state index contributed by atoms with van der Waals surface area (Å²) in [5.74, 6) is -0.983. The molecule has 0 bridgehead atoms. The molecule has 1 aliphatic rings. The summed E-state index contributed by atoms with van der Waals surface area (Å²) >= 11 is 0. The summed E-state index contributed by atoms with van der Waals surface area (Å²) in [5, 5.41) is 13.8. The predicted molar refractivity (Wildman–Crippen MR) is 82.8 cm³/mol. The van der Waals surface area contributed by atoms with Gasteiger partial charge in [0.25, 0.3) is 5.91 Å². The monoisotopic (exact) mass is 307 g/mol. The van der Waals surface area contributed by atoms with Crippen molar-refractivity contribution in [3.63, 3.8) is 0 Å². The van der Waals surface area contributed by atoms with Gasteiger partial charge in [0.1, 0.15) is 5.69 Å². The Morgan fingerprint density at radius 2 is 2.00 bits per heavy atom. The number of amides is 1. The average Bonchev–Trinajstić information content (AvgIpc) is 2.80. The molecule has 22 heavy (non-hydrogen) atoms. The Hall–Kier alpha value is -1.85. The SMILES string of the molecule is Cn1nc(C(C)(C)C)cc1C(=O)N1CCCC(C)(C(=O)O)C1. The van der Waals surface area contributed by atoms with Crippen LogP contribution in [-0.2, 0) is 17.3 Å². The molecule has 1 amide bonds. The Morgan fingerprint density at radius 3 is 2.50 bits per heavy atom. The first-order valence-electron chi connectivity index (χ1n) is 7.62. The zero-order valence-electron chi connectivity index (χ0n) is 14.0. The van der Waals surface area contributed by atoms with Crippen LogP contribution in [0.25, 0.3) is 0 Å². The van der Waals surface area contributed by atoms with E-state index in [1.807, 2.05) is 26.8 Å². The number of hydrogen-bond acceptors (Lipinski definition) is 3. The normalized spacial score (nSPS) is 22.7. The van der Waals surface area contributed by atoms with E-state index in [-0.39, 0.29) is 17.9 Å². The second-order valence-electron chi connectivity index (χ2n) is 7.48. The van der Waals surface area contributed by atoms with E-state index in [2.05, 4.69) is 5.10 Å². The highest BCUT2D eigenvalue weighted by molar-refractivity contribution is 5.93. The van der Waals surface area contributed by atoms with Crippen LogP contribution in [0.3, 0.4) is 0 Å². The van der Waals surface area contributed by atoms with E-state index in [0.29, 0.717) is 25.1 Å². The summed E-state index contributed by atoms with van der Waals surface area (Å²) in [6.45, 7) is 8.69. The van der Waals surface area contributed by atoms with Crippen molar-refractivity contribution in [2.45, 2.75) is 46.0 Å². The topological polar surface area (TPSA) is 75.4 Å². The predicted octanol–water partition coefficient (Wildman–Crippen LogP) is 2.04. The highest BCUT2D eigenvalue weighted by Crippen LogP contribution is 2.31. The van der Waals surface area contributed by atoms with E-state index in [9.17, 15) is 14.7 Å². The van der Waals surface area contributed by atoms with E-state index in [4.69, 9.17) is 0 Å². The Labute approximate surface area is 131 Å². The summed E-state index contributed by atoms with van der Waals surface area (Å²) in [5.41, 5.74) is 0.378. The minimum atomic E-state index is -0.862. The number of carbonyl (C=O) groups is 2. The lowest BCUT2D eigenvalue weighted by Gasteiger charge is -2.37. The summed E-state index contributed by atoms with van der Waals surface area (Å²) in [6, 6.07) is 1.81. The largest absolute Gasteiger partial charge is 0.481 e. The van der Waals surface area contributed by atoms with Crippen LogP contribution in [0.15, 0.2) is 6.07 Å². The average molecular weight is 307 g/mol. The number of hydrogen-bond donors (Lipinski definition) is 1.